The lowest BCUT2D eigenvalue weighted by atomic mass is 10.2. The lowest BCUT2D eigenvalue weighted by Crippen LogP contribution is -2.37. The van der Waals surface area contributed by atoms with Crippen molar-refractivity contribution < 1.29 is 13.2 Å². The molecule has 10 heteroatoms. The molecule has 0 atom stereocenters. The Morgan fingerprint density at radius 1 is 1.26 bits per heavy atom. The Bertz CT molecular complexity index is 989. The number of carbonyl (C=O) groups is 1. The van der Waals surface area contributed by atoms with E-state index in [9.17, 15) is 13.2 Å². The number of sulfonamides is 1. The lowest BCUT2D eigenvalue weighted by molar-refractivity contribution is -0.120. The summed E-state index contributed by atoms with van der Waals surface area (Å²) in [5, 5.41) is 7.06. The molecule has 0 aliphatic carbocycles. The molecule has 0 radical (unpaired) electrons. The van der Waals surface area contributed by atoms with Gasteiger partial charge in [-0.2, -0.15) is 9.40 Å². The first kappa shape index (κ1) is 19.6. The van der Waals surface area contributed by atoms with Crippen LogP contribution in [0.2, 0.25) is 0 Å². The Balaban J connectivity index is 1.88. The molecule has 3 heterocycles. The van der Waals surface area contributed by atoms with Crippen molar-refractivity contribution in [2.75, 3.05) is 6.54 Å². The molecule has 2 aromatic heterocycles. The first-order chi connectivity index (χ1) is 12.7. The number of aryl methyl sites for hydroxylation is 2. The number of amides is 1. The normalized spacial score (nSPS) is 15.0. The van der Waals surface area contributed by atoms with E-state index in [1.54, 1.807) is 32.5 Å². The van der Waals surface area contributed by atoms with Gasteiger partial charge in [-0.3, -0.25) is 9.48 Å². The second kappa shape index (κ2) is 7.08. The lowest BCUT2D eigenvalue weighted by Gasteiger charge is -2.26. The predicted molar refractivity (Wildman–Crippen MR) is 99.3 cm³/mol. The van der Waals surface area contributed by atoms with Gasteiger partial charge in [-0.25, -0.2) is 13.4 Å². The molecule has 0 unspecified atom stereocenters. The van der Waals surface area contributed by atoms with Crippen molar-refractivity contribution in [3.63, 3.8) is 0 Å². The summed E-state index contributed by atoms with van der Waals surface area (Å²) in [7, 11) is -0.0425. The average Bonchev–Trinajstić information content (AvgIpc) is 3.08. The number of nitrogens with one attached hydrogen (secondary N) is 1. The van der Waals surface area contributed by atoms with Crippen LogP contribution in [0.3, 0.4) is 0 Å². The summed E-state index contributed by atoms with van der Waals surface area (Å²) in [5.74, 6) is 0.692. The van der Waals surface area contributed by atoms with E-state index in [0.717, 1.165) is 17.2 Å². The summed E-state index contributed by atoms with van der Waals surface area (Å²) in [4.78, 5) is 16.4. The van der Waals surface area contributed by atoms with Crippen molar-refractivity contribution >= 4 is 15.9 Å². The van der Waals surface area contributed by atoms with E-state index >= 15 is 0 Å². The minimum atomic E-state index is -3.64. The summed E-state index contributed by atoms with van der Waals surface area (Å²) in [6.07, 6.45) is 0.961. The number of nitrogens with zero attached hydrogens (tertiary/aromatic N) is 5. The Labute approximate surface area is 159 Å². The van der Waals surface area contributed by atoms with Crippen LogP contribution in [0.1, 0.15) is 41.9 Å². The summed E-state index contributed by atoms with van der Waals surface area (Å²) in [6.45, 7) is 6.25. The van der Waals surface area contributed by atoms with Crippen LogP contribution in [0.15, 0.2) is 4.90 Å². The fourth-order valence-corrected chi connectivity index (χ4v) is 5.24. The SMILES string of the molecule is CCC(=O)NCc1nc2c(n1C)CN(S(=O)(=O)c1c(C)nn(C)c1C)CC2. The molecule has 0 fully saturated rings. The molecule has 3 rings (SSSR count). The molecule has 0 aromatic carbocycles. The van der Waals surface area contributed by atoms with Crippen LogP contribution in [-0.4, -0.2) is 44.5 Å². The van der Waals surface area contributed by atoms with Crippen LogP contribution < -0.4 is 5.32 Å². The third-order valence-electron chi connectivity index (χ3n) is 5.12. The number of hydrogen-bond donors (Lipinski definition) is 1. The molecule has 0 saturated heterocycles. The van der Waals surface area contributed by atoms with E-state index in [2.05, 4.69) is 15.4 Å². The standard InChI is InChI=1S/C17H26N6O3S/c1-6-16(24)18-9-15-19-13-7-8-23(10-14(13)21(15)4)27(25,26)17-11(2)20-22(5)12(17)3/h6-10H2,1-5H3,(H,18,24). The number of carbonyl (C=O) groups excluding carboxylic acids is 1. The van der Waals surface area contributed by atoms with Crippen LogP contribution in [0.4, 0.5) is 0 Å². The molecule has 1 aliphatic heterocycles. The van der Waals surface area contributed by atoms with Crippen molar-refractivity contribution in [3.8, 4) is 0 Å². The van der Waals surface area contributed by atoms with Gasteiger partial charge in [-0.05, 0) is 13.8 Å². The molecule has 2 aromatic rings. The van der Waals surface area contributed by atoms with Gasteiger partial charge in [-0.15, -0.1) is 0 Å². The van der Waals surface area contributed by atoms with Crippen LogP contribution in [0.5, 0.6) is 0 Å². The predicted octanol–water partition coefficient (Wildman–Crippen LogP) is 0.544. The fraction of sp³-hybridized carbons (Fsp3) is 0.588. The second-order valence-corrected chi connectivity index (χ2v) is 8.70. The maximum Gasteiger partial charge on any atom is 0.247 e. The van der Waals surface area contributed by atoms with Gasteiger partial charge in [0.1, 0.15) is 10.7 Å². The van der Waals surface area contributed by atoms with Crippen LogP contribution in [0, 0.1) is 13.8 Å². The smallest absolute Gasteiger partial charge is 0.247 e. The van der Waals surface area contributed by atoms with Gasteiger partial charge in [0, 0.05) is 33.5 Å². The highest BCUT2D eigenvalue weighted by Crippen LogP contribution is 2.28. The molecule has 0 saturated carbocycles. The van der Waals surface area contributed by atoms with E-state index in [4.69, 9.17) is 0 Å². The molecule has 0 spiro atoms. The number of imidazole rings is 1. The van der Waals surface area contributed by atoms with Gasteiger partial charge in [0.2, 0.25) is 15.9 Å². The molecular formula is C17H26N6O3S. The molecule has 148 valence electrons. The number of fused-ring (bicyclic) bond motifs is 1. The first-order valence-corrected chi connectivity index (χ1v) is 10.4. The summed E-state index contributed by atoms with van der Waals surface area (Å²) in [5.41, 5.74) is 2.90. The van der Waals surface area contributed by atoms with Gasteiger partial charge in [0.25, 0.3) is 0 Å². The number of aromatic nitrogens is 4. The maximum absolute atomic E-state index is 13.2. The van der Waals surface area contributed by atoms with Crippen molar-refractivity contribution in [3.05, 3.63) is 28.6 Å². The summed E-state index contributed by atoms with van der Waals surface area (Å²) >= 11 is 0. The van der Waals surface area contributed by atoms with Crippen LogP contribution in [-0.2, 0) is 48.4 Å². The Morgan fingerprint density at radius 3 is 2.56 bits per heavy atom. The topological polar surface area (TPSA) is 102 Å². The molecule has 0 bridgehead atoms. The Morgan fingerprint density at radius 2 is 1.96 bits per heavy atom. The van der Waals surface area contributed by atoms with Crippen molar-refractivity contribution in [1.82, 2.24) is 29.0 Å². The number of hydrogen-bond acceptors (Lipinski definition) is 5. The highest BCUT2D eigenvalue weighted by molar-refractivity contribution is 7.89. The monoisotopic (exact) mass is 394 g/mol. The first-order valence-electron chi connectivity index (χ1n) is 8.97. The van der Waals surface area contributed by atoms with Gasteiger partial charge in [0.15, 0.2) is 0 Å². The van der Waals surface area contributed by atoms with Crippen molar-refractivity contribution in [1.29, 1.82) is 0 Å². The van der Waals surface area contributed by atoms with Gasteiger partial charge >= 0.3 is 0 Å². The molecular weight excluding hydrogens is 368 g/mol. The van der Waals surface area contributed by atoms with E-state index < -0.39 is 10.0 Å². The molecule has 9 nitrogen and oxygen atoms in total. The minimum absolute atomic E-state index is 0.0392. The van der Waals surface area contributed by atoms with Crippen molar-refractivity contribution in [2.45, 2.75) is 51.6 Å². The van der Waals surface area contributed by atoms with E-state index in [0.29, 0.717) is 37.3 Å². The average molecular weight is 395 g/mol. The highest BCUT2D eigenvalue weighted by Gasteiger charge is 2.34. The summed E-state index contributed by atoms with van der Waals surface area (Å²) < 4.78 is 31.4. The maximum atomic E-state index is 13.2. The van der Waals surface area contributed by atoms with Gasteiger partial charge in [-0.1, -0.05) is 6.92 Å². The van der Waals surface area contributed by atoms with Crippen molar-refractivity contribution in [2.24, 2.45) is 14.1 Å². The van der Waals surface area contributed by atoms with E-state index in [1.807, 2.05) is 11.6 Å². The quantitative estimate of drug-likeness (QED) is 0.798. The Kier molecular flexibility index (Phi) is 5.13. The third kappa shape index (κ3) is 3.39. The minimum Gasteiger partial charge on any atom is -0.349 e. The zero-order valence-corrected chi connectivity index (χ0v) is 17.2. The zero-order valence-electron chi connectivity index (χ0n) is 16.4. The third-order valence-corrected chi connectivity index (χ3v) is 7.22. The largest absolute Gasteiger partial charge is 0.349 e. The number of rotatable bonds is 5. The fourth-order valence-electron chi connectivity index (χ4n) is 3.44. The summed E-state index contributed by atoms with van der Waals surface area (Å²) in [6, 6.07) is 0. The molecule has 27 heavy (non-hydrogen) atoms. The zero-order chi connectivity index (χ0) is 19.9. The van der Waals surface area contributed by atoms with Gasteiger partial charge < -0.3 is 9.88 Å². The second-order valence-electron chi connectivity index (χ2n) is 6.82. The molecule has 1 N–H and O–H groups in total. The van der Waals surface area contributed by atoms with E-state index in [1.165, 1.54) is 4.31 Å². The molecule has 1 amide bonds. The van der Waals surface area contributed by atoms with Crippen LogP contribution >= 0.6 is 0 Å². The van der Waals surface area contributed by atoms with Crippen LogP contribution in [0.25, 0.3) is 0 Å². The van der Waals surface area contributed by atoms with E-state index in [-0.39, 0.29) is 17.3 Å². The Hall–Kier alpha value is -2.20. The highest BCUT2D eigenvalue weighted by atomic mass is 32.2. The molecule has 1 aliphatic rings. The van der Waals surface area contributed by atoms with Gasteiger partial charge in [0.05, 0.1) is 35.9 Å².